The summed E-state index contributed by atoms with van der Waals surface area (Å²) in [5, 5.41) is 8.99. The number of nitrogens with one attached hydrogen (secondary N) is 3. The lowest BCUT2D eigenvalue weighted by molar-refractivity contribution is -0.116. The van der Waals surface area contributed by atoms with Gasteiger partial charge in [0.15, 0.2) is 0 Å². The van der Waals surface area contributed by atoms with Crippen LogP contribution in [0.3, 0.4) is 0 Å². The average molecular weight is 425 g/mol. The van der Waals surface area contributed by atoms with Crippen molar-refractivity contribution in [3.8, 4) is 0 Å². The van der Waals surface area contributed by atoms with Gasteiger partial charge in [0.25, 0.3) is 0 Å². The summed E-state index contributed by atoms with van der Waals surface area (Å²) >= 11 is 0. The monoisotopic (exact) mass is 424 g/mol. The molecule has 0 unspecified atom stereocenters. The van der Waals surface area contributed by atoms with Crippen molar-refractivity contribution in [3.63, 3.8) is 0 Å². The van der Waals surface area contributed by atoms with Crippen molar-refractivity contribution >= 4 is 34.6 Å². The summed E-state index contributed by atoms with van der Waals surface area (Å²) in [6, 6.07) is 13.2. The van der Waals surface area contributed by atoms with Gasteiger partial charge < -0.3 is 21.7 Å². The second-order valence-corrected chi connectivity index (χ2v) is 7.95. The summed E-state index contributed by atoms with van der Waals surface area (Å²) in [6.07, 6.45) is 8.85. The molecular weight excluding hydrogens is 388 g/mol. The Morgan fingerprint density at radius 3 is 2.13 bits per heavy atom. The van der Waals surface area contributed by atoms with Crippen molar-refractivity contribution in [1.82, 2.24) is 0 Å². The van der Waals surface area contributed by atoms with Gasteiger partial charge in [0.05, 0.1) is 11.4 Å². The molecule has 168 valence electrons. The molecule has 2 rings (SSSR count). The Bertz CT molecular complexity index is 834. The molecule has 5 N–H and O–H groups in total. The highest BCUT2D eigenvalue weighted by atomic mass is 16.2. The fourth-order valence-corrected chi connectivity index (χ4v) is 3.36. The van der Waals surface area contributed by atoms with Crippen LogP contribution >= 0.6 is 0 Å². The molecule has 2 aromatic rings. The van der Waals surface area contributed by atoms with E-state index in [0.29, 0.717) is 24.3 Å². The Kier molecular flexibility index (Phi) is 10.4. The van der Waals surface area contributed by atoms with E-state index in [1.165, 1.54) is 39.0 Å². The van der Waals surface area contributed by atoms with Gasteiger partial charge in [-0.15, -0.1) is 0 Å². The van der Waals surface area contributed by atoms with Gasteiger partial charge in [-0.2, -0.15) is 0 Å². The molecule has 0 saturated carbocycles. The van der Waals surface area contributed by atoms with E-state index in [9.17, 15) is 9.59 Å². The third-order valence-corrected chi connectivity index (χ3v) is 5.10. The number of carbonyl (C=O) groups is 2. The molecule has 0 heterocycles. The van der Waals surface area contributed by atoms with Gasteiger partial charge in [-0.1, -0.05) is 57.6 Å². The first-order chi connectivity index (χ1) is 15.0. The minimum Gasteiger partial charge on any atom is -0.397 e. The van der Waals surface area contributed by atoms with E-state index in [-0.39, 0.29) is 11.8 Å². The smallest absolute Gasteiger partial charge is 0.224 e. The molecule has 0 aliphatic heterocycles. The van der Waals surface area contributed by atoms with Gasteiger partial charge in [0.2, 0.25) is 11.8 Å². The molecule has 0 aliphatic rings. The number of hydrogen-bond acceptors (Lipinski definition) is 4. The van der Waals surface area contributed by atoms with E-state index in [1.54, 1.807) is 0 Å². The van der Waals surface area contributed by atoms with E-state index in [1.807, 2.05) is 42.5 Å². The van der Waals surface area contributed by atoms with Gasteiger partial charge in [-0.3, -0.25) is 9.59 Å². The molecule has 6 nitrogen and oxygen atoms in total. The predicted molar refractivity (Wildman–Crippen MR) is 130 cm³/mol. The zero-order chi connectivity index (χ0) is 22.5. The van der Waals surface area contributed by atoms with Crippen molar-refractivity contribution in [2.45, 2.75) is 71.8 Å². The molecule has 0 aliphatic carbocycles. The molecule has 0 spiro atoms. The van der Waals surface area contributed by atoms with Crippen molar-refractivity contribution in [1.29, 1.82) is 0 Å². The normalized spacial score (nSPS) is 10.5. The zero-order valence-corrected chi connectivity index (χ0v) is 18.8. The van der Waals surface area contributed by atoms with Crippen molar-refractivity contribution in [2.24, 2.45) is 0 Å². The molecule has 6 heteroatoms. The fraction of sp³-hybridized carbons (Fsp3) is 0.440. The van der Waals surface area contributed by atoms with Crippen LogP contribution in [0.15, 0.2) is 42.5 Å². The highest BCUT2D eigenvalue weighted by Crippen LogP contribution is 2.24. The van der Waals surface area contributed by atoms with Gasteiger partial charge >= 0.3 is 0 Å². The van der Waals surface area contributed by atoms with Gasteiger partial charge in [0, 0.05) is 31.3 Å². The second-order valence-electron chi connectivity index (χ2n) is 7.95. The van der Waals surface area contributed by atoms with Gasteiger partial charge in [0.1, 0.15) is 0 Å². The summed E-state index contributed by atoms with van der Waals surface area (Å²) in [7, 11) is 0. The molecule has 2 amide bonds. The quantitative estimate of drug-likeness (QED) is 0.237. The lowest BCUT2D eigenvalue weighted by Gasteiger charge is -2.12. The maximum atomic E-state index is 12.2. The Labute approximate surface area is 186 Å². The number of hydrogen-bond donors (Lipinski definition) is 4. The number of carbonyl (C=O) groups excluding carboxylic acids is 2. The first-order valence-corrected chi connectivity index (χ1v) is 11.3. The third kappa shape index (κ3) is 9.55. The van der Waals surface area contributed by atoms with Crippen LogP contribution in [0.25, 0.3) is 0 Å². The lowest BCUT2D eigenvalue weighted by atomic mass is 10.1. The first-order valence-electron chi connectivity index (χ1n) is 11.3. The van der Waals surface area contributed by atoms with Crippen LogP contribution in [-0.4, -0.2) is 11.8 Å². The van der Waals surface area contributed by atoms with Crippen LogP contribution in [0.2, 0.25) is 0 Å². The lowest BCUT2D eigenvalue weighted by Crippen LogP contribution is -2.12. The number of amides is 2. The zero-order valence-electron chi connectivity index (χ0n) is 18.8. The van der Waals surface area contributed by atoms with Crippen LogP contribution in [0.1, 0.15) is 70.8 Å². The first kappa shape index (κ1) is 24.3. The van der Waals surface area contributed by atoms with E-state index < -0.39 is 0 Å². The summed E-state index contributed by atoms with van der Waals surface area (Å²) in [5.41, 5.74) is 10.1. The summed E-state index contributed by atoms with van der Waals surface area (Å²) in [4.78, 5) is 23.3. The minimum absolute atomic E-state index is 0.0141. The molecule has 0 fully saturated rings. The highest BCUT2D eigenvalue weighted by molar-refractivity contribution is 5.94. The second kappa shape index (κ2) is 13.3. The topological polar surface area (TPSA) is 96.2 Å². The van der Waals surface area contributed by atoms with E-state index in [0.717, 1.165) is 29.8 Å². The van der Waals surface area contributed by atoms with Crippen molar-refractivity contribution in [3.05, 3.63) is 48.0 Å². The highest BCUT2D eigenvalue weighted by Gasteiger charge is 2.06. The van der Waals surface area contributed by atoms with Crippen LogP contribution in [0, 0.1) is 0 Å². The van der Waals surface area contributed by atoms with Gasteiger partial charge in [-0.25, -0.2) is 0 Å². The molecule has 2 aromatic carbocycles. The number of rotatable bonds is 13. The summed E-state index contributed by atoms with van der Waals surface area (Å²) < 4.78 is 0. The Morgan fingerprint density at radius 2 is 1.48 bits per heavy atom. The molecule has 0 saturated heterocycles. The molecule has 0 bridgehead atoms. The largest absolute Gasteiger partial charge is 0.397 e. The van der Waals surface area contributed by atoms with Crippen molar-refractivity contribution < 1.29 is 9.59 Å². The van der Waals surface area contributed by atoms with Crippen LogP contribution in [-0.2, 0) is 16.1 Å². The maximum Gasteiger partial charge on any atom is 0.224 e. The number of anilines is 4. The van der Waals surface area contributed by atoms with Crippen molar-refractivity contribution in [2.75, 3.05) is 21.7 Å². The third-order valence-electron chi connectivity index (χ3n) is 5.10. The minimum atomic E-state index is -0.0871. The standard InChI is InChI=1S/C25H36N4O2/c1-3-4-5-6-7-8-9-10-25(31)29-24-16-15-22(17-23(24)26)27-18-20-11-13-21(14-12-20)28-19(2)30/h11-17,27H,3-10,18,26H2,1-2H3,(H,28,30)(H,29,31). The average Bonchev–Trinajstić information content (AvgIpc) is 2.74. The molecule has 0 aromatic heterocycles. The maximum absolute atomic E-state index is 12.2. The molecule has 0 radical (unpaired) electrons. The number of nitrogen functional groups attached to an aromatic ring is 1. The number of unbranched alkanes of at least 4 members (excludes halogenated alkanes) is 6. The van der Waals surface area contributed by atoms with Crippen LogP contribution in [0.5, 0.6) is 0 Å². The predicted octanol–water partition coefficient (Wildman–Crippen LogP) is 5.92. The Balaban J connectivity index is 1.74. The molecule has 31 heavy (non-hydrogen) atoms. The number of benzene rings is 2. The Morgan fingerprint density at radius 1 is 0.839 bits per heavy atom. The molecule has 0 atom stereocenters. The molecular formula is C25H36N4O2. The van der Waals surface area contributed by atoms with E-state index in [4.69, 9.17) is 5.73 Å². The number of nitrogens with two attached hydrogens (primary N) is 1. The van der Waals surface area contributed by atoms with Crippen LogP contribution < -0.4 is 21.7 Å². The summed E-state index contributed by atoms with van der Waals surface area (Å²) in [6.45, 7) is 4.33. The SMILES string of the molecule is CCCCCCCCCC(=O)Nc1ccc(NCc2ccc(NC(C)=O)cc2)cc1N. The van der Waals surface area contributed by atoms with Gasteiger partial charge in [-0.05, 0) is 42.3 Å². The van der Waals surface area contributed by atoms with E-state index >= 15 is 0 Å². The van der Waals surface area contributed by atoms with E-state index in [2.05, 4.69) is 22.9 Å². The van der Waals surface area contributed by atoms with Crippen LogP contribution in [0.4, 0.5) is 22.7 Å². The Hall–Kier alpha value is -3.02. The fourth-order valence-electron chi connectivity index (χ4n) is 3.36. The summed E-state index contributed by atoms with van der Waals surface area (Å²) in [5.74, 6) is -0.0730.